The van der Waals surface area contributed by atoms with Crippen LogP contribution < -0.4 is 9.46 Å². The second-order valence-electron chi connectivity index (χ2n) is 5.72. The van der Waals surface area contributed by atoms with Gasteiger partial charge in [0.15, 0.2) is 17.3 Å². The monoisotopic (exact) mass is 420 g/mol. The van der Waals surface area contributed by atoms with E-state index in [-0.39, 0.29) is 27.0 Å². The van der Waals surface area contributed by atoms with E-state index in [9.17, 15) is 13.2 Å². The SMILES string of the molecule is CC(=O)c1ccc(Oc2cncc(Cl)c2)c(F)c1NS(=O)(=O)c1ccccc1. The van der Waals surface area contributed by atoms with Crippen molar-refractivity contribution in [1.82, 2.24) is 4.98 Å². The molecule has 0 fully saturated rings. The van der Waals surface area contributed by atoms with E-state index in [1.807, 2.05) is 0 Å². The van der Waals surface area contributed by atoms with Gasteiger partial charge in [0.25, 0.3) is 10.0 Å². The highest BCUT2D eigenvalue weighted by atomic mass is 35.5. The summed E-state index contributed by atoms with van der Waals surface area (Å²) < 4.78 is 47.8. The van der Waals surface area contributed by atoms with Crippen molar-refractivity contribution >= 4 is 33.1 Å². The van der Waals surface area contributed by atoms with Gasteiger partial charge < -0.3 is 4.74 Å². The fraction of sp³-hybridized carbons (Fsp3) is 0.0526. The van der Waals surface area contributed by atoms with Gasteiger partial charge in [-0.25, -0.2) is 12.8 Å². The molecule has 0 bridgehead atoms. The van der Waals surface area contributed by atoms with Crippen LogP contribution in [0.5, 0.6) is 11.5 Å². The third-order valence-corrected chi connectivity index (χ3v) is 5.26. The molecule has 28 heavy (non-hydrogen) atoms. The lowest BCUT2D eigenvalue weighted by Crippen LogP contribution is -2.16. The van der Waals surface area contributed by atoms with Crippen LogP contribution in [0.3, 0.4) is 0 Å². The van der Waals surface area contributed by atoms with Crippen molar-refractivity contribution < 1.29 is 22.3 Å². The summed E-state index contributed by atoms with van der Waals surface area (Å²) in [6.45, 7) is 1.20. The topological polar surface area (TPSA) is 85.4 Å². The van der Waals surface area contributed by atoms with Crippen molar-refractivity contribution in [2.45, 2.75) is 11.8 Å². The fourth-order valence-corrected chi connectivity index (χ4v) is 3.66. The molecule has 3 aromatic rings. The van der Waals surface area contributed by atoms with Crippen LogP contribution in [-0.2, 0) is 10.0 Å². The highest BCUT2D eigenvalue weighted by Gasteiger charge is 2.23. The Balaban J connectivity index is 2.04. The number of benzene rings is 2. The van der Waals surface area contributed by atoms with E-state index in [0.29, 0.717) is 0 Å². The Morgan fingerprint density at radius 3 is 2.50 bits per heavy atom. The second-order valence-corrected chi connectivity index (χ2v) is 7.83. The van der Waals surface area contributed by atoms with Gasteiger partial charge in [-0.15, -0.1) is 0 Å². The van der Waals surface area contributed by atoms with Crippen LogP contribution in [0.2, 0.25) is 5.02 Å². The molecule has 0 spiro atoms. The van der Waals surface area contributed by atoms with Crippen molar-refractivity contribution in [1.29, 1.82) is 0 Å². The smallest absolute Gasteiger partial charge is 0.262 e. The highest BCUT2D eigenvalue weighted by molar-refractivity contribution is 7.92. The maximum absolute atomic E-state index is 15.1. The summed E-state index contributed by atoms with van der Waals surface area (Å²) in [5.41, 5.74) is -0.627. The number of ether oxygens (including phenoxy) is 1. The average Bonchev–Trinajstić information content (AvgIpc) is 2.65. The Morgan fingerprint density at radius 2 is 1.86 bits per heavy atom. The van der Waals surface area contributed by atoms with Gasteiger partial charge in [0, 0.05) is 17.8 Å². The Labute approximate surface area is 166 Å². The van der Waals surface area contributed by atoms with Crippen LogP contribution in [-0.4, -0.2) is 19.2 Å². The Bertz CT molecular complexity index is 1140. The zero-order chi connectivity index (χ0) is 20.3. The van der Waals surface area contributed by atoms with Crippen LogP contribution in [0.15, 0.2) is 65.8 Å². The number of anilines is 1. The minimum Gasteiger partial charge on any atom is -0.453 e. The molecule has 0 atom stereocenters. The van der Waals surface area contributed by atoms with Gasteiger partial charge in [-0.2, -0.15) is 0 Å². The van der Waals surface area contributed by atoms with E-state index in [1.165, 1.54) is 61.8 Å². The number of nitrogens with zero attached hydrogens (tertiary/aromatic N) is 1. The largest absolute Gasteiger partial charge is 0.453 e. The number of hydrogen-bond acceptors (Lipinski definition) is 5. The molecule has 3 rings (SSSR count). The summed E-state index contributed by atoms with van der Waals surface area (Å²) in [5.74, 6) is -1.69. The van der Waals surface area contributed by atoms with E-state index in [1.54, 1.807) is 6.07 Å². The molecule has 2 aromatic carbocycles. The van der Waals surface area contributed by atoms with Crippen LogP contribution in [0.25, 0.3) is 0 Å². The number of sulfonamides is 1. The predicted octanol–water partition coefficient (Wildman–Crippen LogP) is 4.67. The van der Waals surface area contributed by atoms with Crippen molar-refractivity contribution in [2.75, 3.05) is 4.72 Å². The molecule has 0 aliphatic carbocycles. The van der Waals surface area contributed by atoms with E-state index in [0.717, 1.165) is 0 Å². The van der Waals surface area contributed by atoms with Gasteiger partial charge in [-0.1, -0.05) is 29.8 Å². The van der Waals surface area contributed by atoms with Crippen molar-refractivity contribution in [3.05, 3.63) is 77.3 Å². The molecule has 0 amide bonds. The summed E-state index contributed by atoms with van der Waals surface area (Å²) in [5, 5.41) is 0.281. The summed E-state index contributed by atoms with van der Waals surface area (Å²) in [6, 6.07) is 11.3. The zero-order valence-electron chi connectivity index (χ0n) is 14.5. The number of carbonyl (C=O) groups excluding carboxylic acids is 1. The first-order chi connectivity index (χ1) is 13.3. The maximum atomic E-state index is 15.1. The van der Waals surface area contributed by atoms with Crippen molar-refractivity contribution in [2.24, 2.45) is 0 Å². The number of aromatic nitrogens is 1. The first-order valence-electron chi connectivity index (χ1n) is 7.97. The van der Waals surface area contributed by atoms with E-state index < -0.39 is 27.3 Å². The first-order valence-corrected chi connectivity index (χ1v) is 9.84. The summed E-state index contributed by atoms with van der Waals surface area (Å²) in [6.07, 6.45) is 2.70. The molecule has 0 aliphatic rings. The van der Waals surface area contributed by atoms with E-state index in [4.69, 9.17) is 16.3 Å². The number of Topliss-reactive ketones (excluding diaryl/α,β-unsaturated/α-hetero) is 1. The molecule has 0 unspecified atom stereocenters. The molecule has 0 saturated heterocycles. The Morgan fingerprint density at radius 1 is 1.14 bits per heavy atom. The van der Waals surface area contributed by atoms with E-state index >= 15 is 4.39 Å². The molecule has 0 radical (unpaired) electrons. The number of hydrogen-bond donors (Lipinski definition) is 1. The third kappa shape index (κ3) is 4.29. The molecule has 1 N–H and O–H groups in total. The summed E-state index contributed by atoms with van der Waals surface area (Å²) in [7, 11) is -4.12. The molecular formula is C19H14ClFN2O4S. The molecule has 9 heteroatoms. The molecule has 144 valence electrons. The quantitative estimate of drug-likeness (QED) is 0.586. The van der Waals surface area contributed by atoms with Gasteiger partial charge in [0.1, 0.15) is 5.75 Å². The molecule has 1 aromatic heterocycles. The minimum atomic E-state index is -4.12. The summed E-state index contributed by atoms with van der Waals surface area (Å²) >= 11 is 5.83. The Kier molecular flexibility index (Phi) is 5.62. The average molecular weight is 421 g/mol. The first kappa shape index (κ1) is 19.8. The van der Waals surface area contributed by atoms with Gasteiger partial charge in [-0.05, 0) is 31.2 Å². The maximum Gasteiger partial charge on any atom is 0.262 e. The van der Waals surface area contributed by atoms with Gasteiger partial charge in [-0.3, -0.25) is 14.5 Å². The molecule has 1 heterocycles. The molecule has 6 nitrogen and oxygen atoms in total. The second kappa shape index (κ2) is 7.95. The van der Waals surface area contributed by atoms with Crippen LogP contribution in [0, 0.1) is 5.82 Å². The number of pyridine rings is 1. The van der Waals surface area contributed by atoms with Crippen molar-refractivity contribution in [3.8, 4) is 11.5 Å². The van der Waals surface area contributed by atoms with Gasteiger partial charge in [0.05, 0.1) is 21.8 Å². The van der Waals surface area contributed by atoms with Gasteiger partial charge in [0.2, 0.25) is 0 Å². The minimum absolute atomic E-state index is 0.0748. The predicted molar refractivity (Wildman–Crippen MR) is 103 cm³/mol. The number of carbonyl (C=O) groups is 1. The van der Waals surface area contributed by atoms with Crippen LogP contribution >= 0.6 is 11.6 Å². The summed E-state index contributed by atoms with van der Waals surface area (Å²) in [4.78, 5) is 15.6. The van der Waals surface area contributed by atoms with Crippen molar-refractivity contribution in [3.63, 3.8) is 0 Å². The zero-order valence-corrected chi connectivity index (χ0v) is 16.1. The number of nitrogens with one attached hydrogen (secondary N) is 1. The number of ketones is 1. The Hall–Kier alpha value is -2.97. The lowest BCUT2D eigenvalue weighted by molar-refractivity contribution is 0.101. The highest BCUT2D eigenvalue weighted by Crippen LogP contribution is 2.33. The fourth-order valence-electron chi connectivity index (χ4n) is 2.40. The molecule has 0 aliphatic heterocycles. The number of halogens is 2. The molecule has 0 saturated carbocycles. The molecular weight excluding hydrogens is 407 g/mol. The van der Waals surface area contributed by atoms with E-state index in [2.05, 4.69) is 9.71 Å². The van der Waals surface area contributed by atoms with Gasteiger partial charge >= 0.3 is 0 Å². The lowest BCUT2D eigenvalue weighted by Gasteiger charge is -2.15. The van der Waals surface area contributed by atoms with Crippen LogP contribution in [0.4, 0.5) is 10.1 Å². The normalized spacial score (nSPS) is 11.1. The van der Waals surface area contributed by atoms with Crippen LogP contribution in [0.1, 0.15) is 17.3 Å². The third-order valence-electron chi connectivity index (χ3n) is 3.68. The number of rotatable bonds is 6. The standard InChI is InChI=1S/C19H14ClFN2O4S/c1-12(24)16-7-8-17(27-14-9-13(20)10-22-11-14)18(21)19(16)23-28(25,26)15-5-3-2-4-6-15/h2-11,23H,1H3. The lowest BCUT2D eigenvalue weighted by atomic mass is 10.1.